The maximum Gasteiger partial charge on any atom is 0.120 e. The van der Waals surface area contributed by atoms with Crippen molar-refractivity contribution in [1.29, 1.82) is 0 Å². The molecule has 0 aliphatic rings. The van der Waals surface area contributed by atoms with Crippen LogP contribution in [0, 0.1) is 0 Å². The van der Waals surface area contributed by atoms with E-state index >= 15 is 0 Å². The third kappa shape index (κ3) is 2.42. The van der Waals surface area contributed by atoms with Crippen LogP contribution in [-0.4, -0.2) is 7.11 Å². The molecule has 0 radical (unpaired) electrons. The van der Waals surface area contributed by atoms with Crippen molar-refractivity contribution in [2.45, 2.75) is 19.8 Å². The van der Waals surface area contributed by atoms with Crippen LogP contribution in [0.15, 0.2) is 18.2 Å². The molecule has 0 saturated carbocycles. The Morgan fingerprint density at radius 1 is 1.33 bits per heavy atom. The van der Waals surface area contributed by atoms with E-state index in [-0.39, 0.29) is 0 Å². The number of halogens is 1. The predicted molar refractivity (Wildman–Crippen MR) is 52.0 cm³/mol. The van der Waals surface area contributed by atoms with Crippen molar-refractivity contribution in [1.82, 2.24) is 0 Å². The number of rotatable bonds is 3. The van der Waals surface area contributed by atoms with E-state index in [9.17, 15) is 0 Å². The molecular weight excluding hydrogens is 172 g/mol. The van der Waals surface area contributed by atoms with E-state index in [1.165, 1.54) is 5.56 Å². The normalized spacial score (nSPS) is 9.92. The Morgan fingerprint density at radius 2 is 2.08 bits per heavy atom. The van der Waals surface area contributed by atoms with E-state index in [1.54, 1.807) is 7.11 Å². The van der Waals surface area contributed by atoms with E-state index in [0.717, 1.165) is 23.6 Å². The lowest BCUT2D eigenvalue weighted by Gasteiger charge is -2.04. The van der Waals surface area contributed by atoms with Gasteiger partial charge in [0.25, 0.3) is 0 Å². The first kappa shape index (κ1) is 9.40. The van der Waals surface area contributed by atoms with Crippen LogP contribution in [-0.2, 0) is 6.42 Å². The highest BCUT2D eigenvalue weighted by Gasteiger charge is 1.98. The molecule has 0 aliphatic carbocycles. The summed E-state index contributed by atoms with van der Waals surface area (Å²) in [4.78, 5) is 0. The zero-order valence-corrected chi connectivity index (χ0v) is 8.19. The van der Waals surface area contributed by atoms with Gasteiger partial charge in [0.05, 0.1) is 7.11 Å². The van der Waals surface area contributed by atoms with Gasteiger partial charge in [-0.2, -0.15) is 0 Å². The van der Waals surface area contributed by atoms with Crippen LogP contribution in [0.1, 0.15) is 18.9 Å². The van der Waals surface area contributed by atoms with Gasteiger partial charge in [0.2, 0.25) is 0 Å². The number of hydrogen-bond donors (Lipinski definition) is 0. The van der Waals surface area contributed by atoms with Crippen LogP contribution in [0.2, 0.25) is 5.02 Å². The summed E-state index contributed by atoms with van der Waals surface area (Å²) in [6, 6.07) is 5.82. The molecule has 0 saturated heterocycles. The fourth-order valence-electron chi connectivity index (χ4n) is 1.17. The Bertz CT molecular complexity index is 258. The molecule has 2 heteroatoms. The molecule has 66 valence electrons. The van der Waals surface area contributed by atoms with Crippen molar-refractivity contribution in [3.8, 4) is 5.75 Å². The molecule has 0 aromatic heterocycles. The molecule has 12 heavy (non-hydrogen) atoms. The van der Waals surface area contributed by atoms with Crippen LogP contribution in [0.3, 0.4) is 0 Å². The SMILES string of the molecule is CCCc1cc(Cl)cc(OC)c1. The van der Waals surface area contributed by atoms with Gasteiger partial charge in [0.1, 0.15) is 5.75 Å². The molecule has 0 spiro atoms. The van der Waals surface area contributed by atoms with Crippen molar-refractivity contribution in [2.24, 2.45) is 0 Å². The molecule has 1 rings (SSSR count). The van der Waals surface area contributed by atoms with Gasteiger partial charge in [-0.15, -0.1) is 0 Å². The second kappa shape index (κ2) is 4.36. The molecule has 0 bridgehead atoms. The van der Waals surface area contributed by atoms with E-state index < -0.39 is 0 Å². The number of methoxy groups -OCH3 is 1. The number of ether oxygens (including phenoxy) is 1. The summed E-state index contributed by atoms with van der Waals surface area (Å²) in [6.07, 6.45) is 2.18. The second-order valence-corrected chi connectivity index (χ2v) is 3.19. The number of hydrogen-bond acceptors (Lipinski definition) is 1. The van der Waals surface area contributed by atoms with Gasteiger partial charge in [0, 0.05) is 5.02 Å². The average molecular weight is 185 g/mol. The Balaban J connectivity index is 2.90. The Kier molecular flexibility index (Phi) is 3.42. The molecule has 1 nitrogen and oxygen atoms in total. The second-order valence-electron chi connectivity index (χ2n) is 2.75. The van der Waals surface area contributed by atoms with Crippen molar-refractivity contribution >= 4 is 11.6 Å². The van der Waals surface area contributed by atoms with Crippen LogP contribution in [0.25, 0.3) is 0 Å². The van der Waals surface area contributed by atoms with E-state index in [2.05, 4.69) is 6.92 Å². The highest BCUT2D eigenvalue weighted by Crippen LogP contribution is 2.21. The van der Waals surface area contributed by atoms with E-state index in [0.29, 0.717) is 0 Å². The summed E-state index contributed by atoms with van der Waals surface area (Å²) in [7, 11) is 1.65. The zero-order valence-electron chi connectivity index (χ0n) is 7.43. The first-order valence-corrected chi connectivity index (χ1v) is 4.47. The first-order chi connectivity index (χ1) is 5.76. The fraction of sp³-hybridized carbons (Fsp3) is 0.400. The largest absolute Gasteiger partial charge is 0.497 e. The Morgan fingerprint density at radius 3 is 2.67 bits per heavy atom. The lowest BCUT2D eigenvalue weighted by atomic mass is 10.1. The molecule has 0 amide bonds. The monoisotopic (exact) mass is 184 g/mol. The van der Waals surface area contributed by atoms with Crippen molar-refractivity contribution in [2.75, 3.05) is 7.11 Å². The smallest absolute Gasteiger partial charge is 0.120 e. The molecule has 1 aromatic carbocycles. The summed E-state index contributed by atoms with van der Waals surface area (Å²) >= 11 is 5.88. The van der Waals surface area contributed by atoms with Crippen LogP contribution in [0.4, 0.5) is 0 Å². The minimum Gasteiger partial charge on any atom is -0.497 e. The summed E-state index contributed by atoms with van der Waals surface area (Å²) in [5, 5.41) is 0.748. The van der Waals surface area contributed by atoms with Crippen molar-refractivity contribution in [3.05, 3.63) is 28.8 Å². The lowest BCUT2D eigenvalue weighted by molar-refractivity contribution is 0.414. The maximum atomic E-state index is 5.88. The molecule has 0 aliphatic heterocycles. The standard InChI is InChI=1S/C10H13ClO/c1-3-4-8-5-9(11)7-10(6-8)12-2/h5-7H,3-4H2,1-2H3. The minimum atomic E-state index is 0.748. The van der Waals surface area contributed by atoms with E-state index in [4.69, 9.17) is 16.3 Å². The molecular formula is C10H13ClO. The summed E-state index contributed by atoms with van der Waals surface area (Å²) in [5.74, 6) is 0.839. The quantitative estimate of drug-likeness (QED) is 0.701. The Labute approximate surface area is 78.3 Å². The molecule has 0 N–H and O–H groups in total. The lowest BCUT2D eigenvalue weighted by Crippen LogP contribution is -1.87. The van der Waals surface area contributed by atoms with Gasteiger partial charge in [0.15, 0.2) is 0 Å². The summed E-state index contributed by atoms with van der Waals surface area (Å²) in [6.45, 7) is 2.15. The van der Waals surface area contributed by atoms with Gasteiger partial charge in [-0.3, -0.25) is 0 Å². The summed E-state index contributed by atoms with van der Waals surface area (Å²) < 4.78 is 5.10. The van der Waals surface area contributed by atoms with Gasteiger partial charge in [-0.25, -0.2) is 0 Å². The van der Waals surface area contributed by atoms with Gasteiger partial charge < -0.3 is 4.74 Å². The minimum absolute atomic E-state index is 0.748. The first-order valence-electron chi connectivity index (χ1n) is 4.09. The van der Waals surface area contributed by atoms with Gasteiger partial charge >= 0.3 is 0 Å². The fourth-order valence-corrected chi connectivity index (χ4v) is 1.42. The highest BCUT2D eigenvalue weighted by molar-refractivity contribution is 6.30. The zero-order chi connectivity index (χ0) is 8.97. The van der Waals surface area contributed by atoms with Crippen molar-refractivity contribution < 1.29 is 4.74 Å². The maximum absolute atomic E-state index is 5.88. The van der Waals surface area contributed by atoms with Gasteiger partial charge in [-0.1, -0.05) is 24.9 Å². The third-order valence-corrected chi connectivity index (χ3v) is 1.92. The molecule has 0 fully saturated rings. The van der Waals surface area contributed by atoms with Crippen molar-refractivity contribution in [3.63, 3.8) is 0 Å². The van der Waals surface area contributed by atoms with Gasteiger partial charge in [-0.05, 0) is 30.2 Å². The molecule has 0 unspecified atom stereocenters. The van der Waals surface area contributed by atoms with Crippen LogP contribution in [0.5, 0.6) is 5.75 Å². The third-order valence-electron chi connectivity index (χ3n) is 1.71. The van der Waals surface area contributed by atoms with Crippen LogP contribution < -0.4 is 4.74 Å². The topological polar surface area (TPSA) is 9.23 Å². The summed E-state index contributed by atoms with van der Waals surface area (Å²) in [5.41, 5.74) is 1.24. The van der Waals surface area contributed by atoms with E-state index in [1.807, 2.05) is 18.2 Å². The predicted octanol–water partition coefficient (Wildman–Crippen LogP) is 3.30. The number of benzene rings is 1. The average Bonchev–Trinajstić information content (AvgIpc) is 2.04. The molecule has 0 atom stereocenters. The molecule has 0 heterocycles. The number of aryl methyl sites for hydroxylation is 1. The molecule has 1 aromatic rings. The van der Waals surface area contributed by atoms with Crippen LogP contribution >= 0.6 is 11.6 Å². The Hall–Kier alpha value is -0.690. The highest BCUT2D eigenvalue weighted by atomic mass is 35.5.